The molecule has 3 heterocycles. The number of benzene rings is 2. The average molecular weight is 397 g/mol. The molecule has 0 N–H and O–H groups in total. The predicted molar refractivity (Wildman–Crippen MR) is 108 cm³/mol. The van der Waals surface area contributed by atoms with Crippen molar-refractivity contribution in [2.45, 2.75) is 25.8 Å². The zero-order chi connectivity index (χ0) is 20.0. The van der Waals surface area contributed by atoms with Crippen molar-refractivity contribution in [1.29, 1.82) is 0 Å². The van der Waals surface area contributed by atoms with Crippen LogP contribution in [0.4, 0.5) is 20.6 Å². The van der Waals surface area contributed by atoms with Crippen LogP contribution in [0.3, 0.4) is 0 Å². The smallest absolute Gasteiger partial charge is 0.324 e. The molecule has 0 aliphatic carbocycles. The van der Waals surface area contributed by atoms with Gasteiger partial charge in [0.15, 0.2) is 11.5 Å². The van der Waals surface area contributed by atoms with Crippen molar-refractivity contribution in [1.82, 2.24) is 4.90 Å². The van der Waals surface area contributed by atoms with Gasteiger partial charge in [-0.15, -0.1) is 0 Å². The van der Waals surface area contributed by atoms with E-state index in [2.05, 4.69) is 4.90 Å². The van der Waals surface area contributed by atoms with Crippen LogP contribution in [0.2, 0.25) is 0 Å². The second kappa shape index (κ2) is 7.13. The van der Waals surface area contributed by atoms with Crippen LogP contribution < -0.4 is 19.3 Å². The van der Waals surface area contributed by atoms with E-state index in [1.165, 1.54) is 6.07 Å². The van der Waals surface area contributed by atoms with Gasteiger partial charge in [0, 0.05) is 43.6 Å². The fraction of sp³-hybridized carbons (Fsp3) is 0.409. The molecular formula is C22H24FN3O3. The number of rotatable bonds is 3. The zero-order valence-corrected chi connectivity index (χ0v) is 16.4. The molecule has 5 rings (SSSR count). The fourth-order valence-electron chi connectivity index (χ4n) is 4.43. The first kappa shape index (κ1) is 18.1. The number of ether oxygens (including phenoxy) is 2. The second-order valence-electron chi connectivity index (χ2n) is 7.69. The lowest BCUT2D eigenvalue weighted by molar-refractivity contribution is 0.154. The molecule has 0 saturated carbocycles. The Hall–Kier alpha value is -2.96. The maximum Gasteiger partial charge on any atom is 0.324 e. The van der Waals surface area contributed by atoms with Crippen LogP contribution >= 0.6 is 0 Å². The van der Waals surface area contributed by atoms with E-state index in [1.54, 1.807) is 11.0 Å². The minimum atomic E-state index is -0.182. The molecule has 7 heteroatoms. The largest absolute Gasteiger partial charge is 0.454 e. The maximum atomic E-state index is 13.6. The Balaban J connectivity index is 1.28. The summed E-state index contributed by atoms with van der Waals surface area (Å²) in [7, 11) is 0. The third-order valence-electron chi connectivity index (χ3n) is 5.98. The van der Waals surface area contributed by atoms with Crippen molar-refractivity contribution >= 4 is 17.4 Å². The van der Waals surface area contributed by atoms with Crippen LogP contribution in [-0.4, -0.2) is 49.9 Å². The van der Waals surface area contributed by atoms with Gasteiger partial charge in [0.2, 0.25) is 6.79 Å². The van der Waals surface area contributed by atoms with E-state index in [9.17, 15) is 9.18 Å². The van der Waals surface area contributed by atoms with Crippen molar-refractivity contribution in [3.8, 4) is 11.5 Å². The number of hydrogen-bond acceptors (Lipinski definition) is 4. The van der Waals surface area contributed by atoms with E-state index < -0.39 is 0 Å². The van der Waals surface area contributed by atoms with Gasteiger partial charge in [-0.1, -0.05) is 0 Å². The van der Waals surface area contributed by atoms with Crippen molar-refractivity contribution in [3.05, 3.63) is 47.8 Å². The molecule has 3 aliphatic rings. The molecule has 2 amide bonds. The third kappa shape index (κ3) is 3.14. The Kier molecular flexibility index (Phi) is 4.45. The molecule has 1 saturated heterocycles. The highest BCUT2D eigenvalue weighted by Crippen LogP contribution is 2.36. The Bertz CT molecular complexity index is 945. The van der Waals surface area contributed by atoms with E-state index in [4.69, 9.17) is 9.47 Å². The fourth-order valence-corrected chi connectivity index (χ4v) is 4.43. The molecule has 0 atom stereocenters. The Morgan fingerprint density at radius 3 is 2.83 bits per heavy atom. The number of urea groups is 1. The third-order valence-corrected chi connectivity index (χ3v) is 5.98. The molecule has 2 aromatic carbocycles. The van der Waals surface area contributed by atoms with E-state index in [0.29, 0.717) is 31.1 Å². The molecular weight excluding hydrogens is 373 g/mol. The lowest BCUT2D eigenvalue weighted by atomic mass is 9.97. The highest BCUT2D eigenvalue weighted by atomic mass is 19.1. The molecule has 29 heavy (non-hydrogen) atoms. The van der Waals surface area contributed by atoms with E-state index in [-0.39, 0.29) is 24.7 Å². The summed E-state index contributed by atoms with van der Waals surface area (Å²) >= 11 is 0. The van der Waals surface area contributed by atoms with E-state index in [1.807, 2.05) is 36.1 Å². The molecule has 0 aromatic heterocycles. The molecule has 0 bridgehead atoms. The van der Waals surface area contributed by atoms with E-state index in [0.717, 1.165) is 36.3 Å². The summed E-state index contributed by atoms with van der Waals surface area (Å²) in [4.78, 5) is 19.1. The first-order chi connectivity index (χ1) is 14.1. The Labute approximate surface area is 169 Å². The summed E-state index contributed by atoms with van der Waals surface area (Å²) in [6.45, 7) is 5.06. The molecule has 0 unspecified atom stereocenters. The minimum Gasteiger partial charge on any atom is -0.454 e. The van der Waals surface area contributed by atoms with Gasteiger partial charge in [0.25, 0.3) is 0 Å². The van der Waals surface area contributed by atoms with Crippen LogP contribution in [0.15, 0.2) is 36.4 Å². The highest BCUT2D eigenvalue weighted by molar-refractivity contribution is 5.93. The number of likely N-dealkylation sites (tertiary alicyclic amines) is 1. The molecule has 1 fully saturated rings. The van der Waals surface area contributed by atoms with Gasteiger partial charge < -0.3 is 19.3 Å². The molecule has 2 aromatic rings. The summed E-state index contributed by atoms with van der Waals surface area (Å²) in [5, 5.41) is 0. The SMILES string of the molecule is CCN(C(=O)N1CC(N2CCCc3cc(F)ccc32)C1)c1ccc2c(c1)OCO2. The normalized spacial score (nSPS) is 17.7. The van der Waals surface area contributed by atoms with Gasteiger partial charge in [0.1, 0.15) is 5.82 Å². The summed E-state index contributed by atoms with van der Waals surface area (Å²) in [6.07, 6.45) is 1.92. The topological polar surface area (TPSA) is 45.3 Å². The van der Waals surface area contributed by atoms with Gasteiger partial charge in [0.05, 0.1) is 6.04 Å². The maximum absolute atomic E-state index is 13.6. The molecule has 6 nitrogen and oxygen atoms in total. The summed E-state index contributed by atoms with van der Waals surface area (Å²) in [5.41, 5.74) is 2.98. The number of anilines is 2. The number of carbonyl (C=O) groups is 1. The van der Waals surface area contributed by atoms with Crippen molar-refractivity contribution in [2.24, 2.45) is 0 Å². The molecule has 0 spiro atoms. The lowest BCUT2D eigenvalue weighted by Gasteiger charge is -2.49. The van der Waals surface area contributed by atoms with Crippen LogP contribution in [-0.2, 0) is 6.42 Å². The van der Waals surface area contributed by atoms with Crippen LogP contribution in [0, 0.1) is 5.82 Å². The molecule has 152 valence electrons. The van der Waals surface area contributed by atoms with Gasteiger partial charge in [-0.3, -0.25) is 4.90 Å². The summed E-state index contributed by atoms with van der Waals surface area (Å²) < 4.78 is 24.4. The van der Waals surface area contributed by atoms with Gasteiger partial charge >= 0.3 is 6.03 Å². The Morgan fingerprint density at radius 2 is 2.00 bits per heavy atom. The number of halogens is 1. The standard InChI is InChI=1S/C22H24FN3O3/c1-2-25(17-6-8-20-21(11-17)29-14-28-20)22(27)24-12-18(13-24)26-9-3-4-15-10-16(23)5-7-19(15)26/h5-8,10-11,18H,2-4,9,12-14H2,1H3. The van der Waals surface area contributed by atoms with Crippen molar-refractivity contribution in [2.75, 3.05) is 42.8 Å². The predicted octanol–water partition coefficient (Wildman–Crippen LogP) is 3.64. The first-order valence-corrected chi connectivity index (χ1v) is 10.1. The van der Waals surface area contributed by atoms with Crippen LogP contribution in [0.1, 0.15) is 18.9 Å². The summed E-state index contributed by atoms with van der Waals surface area (Å²) in [6, 6.07) is 10.9. The zero-order valence-electron chi connectivity index (χ0n) is 16.4. The van der Waals surface area contributed by atoms with Crippen LogP contribution in [0.25, 0.3) is 0 Å². The molecule has 0 radical (unpaired) electrons. The van der Waals surface area contributed by atoms with Gasteiger partial charge in [-0.25, -0.2) is 9.18 Å². The second-order valence-corrected chi connectivity index (χ2v) is 7.69. The van der Waals surface area contributed by atoms with Gasteiger partial charge in [-0.2, -0.15) is 0 Å². The Morgan fingerprint density at radius 1 is 1.17 bits per heavy atom. The quantitative estimate of drug-likeness (QED) is 0.793. The van der Waals surface area contributed by atoms with Gasteiger partial charge in [-0.05, 0) is 55.7 Å². The number of aryl methyl sites for hydroxylation is 1. The lowest BCUT2D eigenvalue weighted by Crippen LogP contribution is -2.64. The number of hydrogen-bond donors (Lipinski definition) is 0. The van der Waals surface area contributed by atoms with Crippen molar-refractivity contribution < 1.29 is 18.7 Å². The van der Waals surface area contributed by atoms with E-state index >= 15 is 0 Å². The first-order valence-electron chi connectivity index (χ1n) is 10.1. The van der Waals surface area contributed by atoms with Crippen LogP contribution in [0.5, 0.6) is 11.5 Å². The average Bonchev–Trinajstić information content (AvgIpc) is 3.15. The summed E-state index contributed by atoms with van der Waals surface area (Å²) in [5.74, 6) is 1.20. The molecule has 3 aliphatic heterocycles. The highest BCUT2D eigenvalue weighted by Gasteiger charge is 2.38. The monoisotopic (exact) mass is 397 g/mol. The number of nitrogens with zero attached hydrogens (tertiary/aromatic N) is 3. The number of fused-ring (bicyclic) bond motifs is 2. The van der Waals surface area contributed by atoms with Crippen molar-refractivity contribution in [3.63, 3.8) is 0 Å². The number of carbonyl (C=O) groups excluding carboxylic acids is 1. The number of amides is 2. The minimum absolute atomic E-state index is 0.000968.